The van der Waals surface area contributed by atoms with E-state index in [0.717, 1.165) is 0 Å². The summed E-state index contributed by atoms with van der Waals surface area (Å²) in [5, 5.41) is 12.1. The van der Waals surface area contributed by atoms with Crippen molar-refractivity contribution in [3.8, 4) is 0 Å². The van der Waals surface area contributed by atoms with Gasteiger partial charge in [-0.25, -0.2) is 4.79 Å². The van der Waals surface area contributed by atoms with E-state index in [2.05, 4.69) is 10.3 Å². The molecule has 0 fully saturated rings. The maximum atomic E-state index is 12.1. The lowest BCUT2D eigenvalue weighted by molar-refractivity contribution is -0.139. The number of hydrogen-bond donors (Lipinski definition) is 3. The second-order valence-corrected chi connectivity index (χ2v) is 4.75. The zero-order chi connectivity index (χ0) is 15.4. The summed E-state index contributed by atoms with van der Waals surface area (Å²) in [5.41, 5.74) is 0.00489. The normalized spacial score (nSPS) is 12.0. The van der Waals surface area contributed by atoms with Crippen molar-refractivity contribution in [2.45, 2.75) is 25.8 Å². The molecule has 6 heteroatoms. The SMILES string of the molecule is CCCC(NC(=O)c1cc2ccccc2[nH]c1=O)C(=O)O. The highest BCUT2D eigenvalue weighted by Crippen LogP contribution is 2.10. The lowest BCUT2D eigenvalue weighted by Crippen LogP contribution is -2.42. The number of aliphatic carboxylic acids is 1. The van der Waals surface area contributed by atoms with Crippen LogP contribution < -0.4 is 10.9 Å². The third-order valence-electron chi connectivity index (χ3n) is 3.18. The van der Waals surface area contributed by atoms with Gasteiger partial charge in [0.05, 0.1) is 0 Å². The highest BCUT2D eigenvalue weighted by atomic mass is 16.4. The Morgan fingerprint density at radius 3 is 2.71 bits per heavy atom. The number of amides is 1. The van der Waals surface area contributed by atoms with Crippen LogP contribution in [0.15, 0.2) is 35.1 Å². The lowest BCUT2D eigenvalue weighted by Gasteiger charge is -2.13. The Bertz CT molecular complexity index is 736. The number of aromatic amines is 1. The Kier molecular flexibility index (Phi) is 4.37. The second kappa shape index (κ2) is 6.21. The minimum absolute atomic E-state index is 0.0870. The molecular weight excluding hydrogens is 272 g/mol. The number of carbonyl (C=O) groups is 2. The summed E-state index contributed by atoms with van der Waals surface area (Å²) in [4.78, 5) is 37.7. The van der Waals surface area contributed by atoms with Crippen LogP contribution in [0, 0.1) is 0 Å². The molecule has 6 nitrogen and oxygen atoms in total. The Morgan fingerprint density at radius 1 is 1.33 bits per heavy atom. The molecule has 2 rings (SSSR count). The summed E-state index contributed by atoms with van der Waals surface area (Å²) >= 11 is 0. The second-order valence-electron chi connectivity index (χ2n) is 4.75. The first-order chi connectivity index (χ1) is 10.0. The standard InChI is InChI=1S/C15H16N2O4/c1-2-5-12(15(20)21)17-14(19)10-8-9-6-3-4-7-11(9)16-13(10)18/h3-4,6-8,12H,2,5H2,1H3,(H,16,18)(H,17,19)(H,20,21). The molecule has 0 spiro atoms. The zero-order valence-corrected chi connectivity index (χ0v) is 11.6. The summed E-state index contributed by atoms with van der Waals surface area (Å²) in [6.45, 7) is 1.82. The van der Waals surface area contributed by atoms with Crippen molar-refractivity contribution in [1.82, 2.24) is 10.3 Å². The minimum Gasteiger partial charge on any atom is -0.480 e. The molecule has 110 valence electrons. The maximum Gasteiger partial charge on any atom is 0.326 e. The van der Waals surface area contributed by atoms with Crippen molar-refractivity contribution in [3.63, 3.8) is 0 Å². The largest absolute Gasteiger partial charge is 0.480 e. The first-order valence-corrected chi connectivity index (χ1v) is 6.68. The third-order valence-corrected chi connectivity index (χ3v) is 3.18. The zero-order valence-electron chi connectivity index (χ0n) is 11.6. The minimum atomic E-state index is -1.11. The van der Waals surface area contributed by atoms with Gasteiger partial charge in [-0.3, -0.25) is 9.59 Å². The molecule has 1 amide bonds. The smallest absolute Gasteiger partial charge is 0.326 e. The fraction of sp³-hybridized carbons (Fsp3) is 0.267. The van der Waals surface area contributed by atoms with E-state index in [4.69, 9.17) is 5.11 Å². The van der Waals surface area contributed by atoms with Gasteiger partial charge in [0.2, 0.25) is 0 Å². The van der Waals surface area contributed by atoms with Gasteiger partial charge in [0.25, 0.3) is 11.5 Å². The Labute approximate surface area is 120 Å². The highest BCUT2D eigenvalue weighted by Gasteiger charge is 2.21. The molecular formula is C15H16N2O4. The van der Waals surface area contributed by atoms with Gasteiger partial charge in [-0.1, -0.05) is 31.5 Å². The molecule has 1 aromatic heterocycles. The van der Waals surface area contributed by atoms with E-state index < -0.39 is 23.5 Å². The molecule has 0 radical (unpaired) electrons. The number of rotatable bonds is 5. The predicted molar refractivity (Wildman–Crippen MR) is 78.4 cm³/mol. The number of carboxylic acids is 1. The molecule has 0 aliphatic heterocycles. The molecule has 21 heavy (non-hydrogen) atoms. The van der Waals surface area contributed by atoms with E-state index in [1.165, 1.54) is 6.07 Å². The Balaban J connectivity index is 2.32. The van der Waals surface area contributed by atoms with Crippen LogP contribution in [0.4, 0.5) is 0 Å². The van der Waals surface area contributed by atoms with Crippen LogP contribution in [-0.2, 0) is 4.79 Å². The van der Waals surface area contributed by atoms with Crippen LogP contribution in [0.2, 0.25) is 0 Å². The van der Waals surface area contributed by atoms with Crippen LogP contribution in [0.1, 0.15) is 30.1 Å². The van der Waals surface area contributed by atoms with Crippen LogP contribution in [0.3, 0.4) is 0 Å². The number of para-hydroxylation sites is 1. The number of carboxylic acid groups (broad SMARTS) is 1. The average Bonchev–Trinajstić information content (AvgIpc) is 2.45. The number of fused-ring (bicyclic) bond motifs is 1. The number of hydrogen-bond acceptors (Lipinski definition) is 3. The molecule has 1 aromatic carbocycles. The first kappa shape index (κ1) is 14.8. The van der Waals surface area contributed by atoms with Gasteiger partial charge in [-0.15, -0.1) is 0 Å². The first-order valence-electron chi connectivity index (χ1n) is 6.68. The number of pyridine rings is 1. The topological polar surface area (TPSA) is 99.3 Å². The quantitative estimate of drug-likeness (QED) is 0.776. The van der Waals surface area contributed by atoms with Gasteiger partial charge in [0.1, 0.15) is 11.6 Å². The number of aromatic nitrogens is 1. The van der Waals surface area contributed by atoms with Crippen molar-refractivity contribution in [3.05, 3.63) is 46.2 Å². The highest BCUT2D eigenvalue weighted by molar-refractivity contribution is 5.98. The third kappa shape index (κ3) is 3.28. The van der Waals surface area contributed by atoms with E-state index in [1.54, 1.807) is 24.3 Å². The van der Waals surface area contributed by atoms with Crippen molar-refractivity contribution in [1.29, 1.82) is 0 Å². The molecule has 0 aliphatic carbocycles. The molecule has 0 bridgehead atoms. The van der Waals surface area contributed by atoms with E-state index in [1.807, 2.05) is 6.92 Å². The van der Waals surface area contributed by atoms with E-state index >= 15 is 0 Å². The number of benzene rings is 1. The molecule has 0 aliphatic rings. The van der Waals surface area contributed by atoms with E-state index in [9.17, 15) is 14.4 Å². The maximum absolute atomic E-state index is 12.1. The molecule has 1 atom stereocenters. The van der Waals surface area contributed by atoms with Crippen molar-refractivity contribution >= 4 is 22.8 Å². The van der Waals surface area contributed by atoms with Gasteiger partial charge in [-0.2, -0.15) is 0 Å². The monoisotopic (exact) mass is 288 g/mol. The Morgan fingerprint density at radius 2 is 2.05 bits per heavy atom. The van der Waals surface area contributed by atoms with E-state index in [0.29, 0.717) is 23.7 Å². The molecule has 2 aromatic rings. The van der Waals surface area contributed by atoms with Gasteiger partial charge in [-0.05, 0) is 23.9 Å². The van der Waals surface area contributed by atoms with Gasteiger partial charge in [0.15, 0.2) is 0 Å². The number of nitrogens with one attached hydrogen (secondary N) is 2. The summed E-state index contributed by atoms with van der Waals surface area (Å²) in [7, 11) is 0. The molecule has 3 N–H and O–H groups in total. The lowest BCUT2D eigenvalue weighted by atomic mass is 10.1. The van der Waals surface area contributed by atoms with Crippen LogP contribution in [0.5, 0.6) is 0 Å². The van der Waals surface area contributed by atoms with E-state index in [-0.39, 0.29) is 5.56 Å². The summed E-state index contributed by atoms with van der Waals surface area (Å²) in [6, 6.07) is 7.54. The average molecular weight is 288 g/mol. The molecule has 0 saturated heterocycles. The van der Waals surface area contributed by atoms with Crippen LogP contribution >= 0.6 is 0 Å². The van der Waals surface area contributed by atoms with Gasteiger partial charge in [0, 0.05) is 5.52 Å². The predicted octanol–water partition coefficient (Wildman–Crippen LogP) is 1.51. The van der Waals surface area contributed by atoms with Gasteiger partial charge < -0.3 is 15.4 Å². The van der Waals surface area contributed by atoms with Crippen molar-refractivity contribution in [2.24, 2.45) is 0 Å². The molecule has 1 heterocycles. The Hall–Kier alpha value is -2.63. The fourth-order valence-corrected chi connectivity index (χ4v) is 2.10. The number of H-pyrrole nitrogens is 1. The van der Waals surface area contributed by atoms with Crippen molar-refractivity contribution in [2.75, 3.05) is 0 Å². The fourth-order valence-electron chi connectivity index (χ4n) is 2.10. The van der Waals surface area contributed by atoms with Crippen LogP contribution in [-0.4, -0.2) is 28.0 Å². The summed E-state index contributed by atoms with van der Waals surface area (Å²) in [6.07, 6.45) is 0.928. The summed E-state index contributed by atoms with van der Waals surface area (Å²) < 4.78 is 0. The summed E-state index contributed by atoms with van der Waals surface area (Å²) in [5.74, 6) is -1.79. The van der Waals surface area contributed by atoms with Gasteiger partial charge >= 0.3 is 5.97 Å². The van der Waals surface area contributed by atoms with Crippen LogP contribution in [0.25, 0.3) is 10.9 Å². The number of carbonyl (C=O) groups excluding carboxylic acids is 1. The van der Waals surface area contributed by atoms with Crippen molar-refractivity contribution < 1.29 is 14.7 Å². The molecule has 0 saturated carbocycles. The molecule has 1 unspecified atom stereocenters.